The first-order valence-corrected chi connectivity index (χ1v) is 10.4. The number of hydrogen-bond acceptors (Lipinski definition) is 5. The maximum Gasteiger partial charge on any atom is 0.193 e. The number of phenolic OH excluding ortho intramolecular Hbond substituents is 1. The zero-order valence-corrected chi connectivity index (χ0v) is 16.6. The molecule has 0 saturated carbocycles. The van der Waals surface area contributed by atoms with Crippen LogP contribution in [0, 0.1) is 0 Å². The van der Waals surface area contributed by atoms with Gasteiger partial charge < -0.3 is 15.2 Å². The monoisotopic (exact) mass is 401 g/mol. The molecule has 1 aliphatic carbocycles. The highest BCUT2D eigenvalue weighted by Gasteiger charge is 2.38. The van der Waals surface area contributed by atoms with Crippen molar-refractivity contribution in [1.82, 2.24) is 0 Å². The van der Waals surface area contributed by atoms with Gasteiger partial charge in [-0.25, -0.2) is 0 Å². The topological polar surface area (TPSA) is 58.6 Å². The van der Waals surface area contributed by atoms with Gasteiger partial charge in [-0.2, -0.15) is 0 Å². The van der Waals surface area contributed by atoms with Crippen LogP contribution in [0.3, 0.4) is 0 Å². The van der Waals surface area contributed by atoms with Crippen LogP contribution in [-0.2, 0) is 0 Å². The highest BCUT2D eigenvalue weighted by Crippen LogP contribution is 2.53. The third-order valence-corrected chi connectivity index (χ3v) is 6.55. The Morgan fingerprint density at radius 1 is 1.03 bits per heavy atom. The molecule has 0 aromatic heterocycles. The zero-order chi connectivity index (χ0) is 20.0. The zero-order valence-electron chi connectivity index (χ0n) is 15.8. The summed E-state index contributed by atoms with van der Waals surface area (Å²) in [6, 6.07) is 21.1. The quantitative estimate of drug-likeness (QED) is 0.593. The van der Waals surface area contributed by atoms with Gasteiger partial charge in [0.1, 0.15) is 0 Å². The van der Waals surface area contributed by atoms with E-state index in [-0.39, 0.29) is 16.8 Å². The summed E-state index contributed by atoms with van der Waals surface area (Å²) in [5.74, 6) is 0.573. The van der Waals surface area contributed by atoms with Gasteiger partial charge in [0.15, 0.2) is 17.3 Å². The number of Topliss-reactive ketones (excluding diaryl/α,β-unsaturated/α-hetero) is 1. The second-order valence-corrected chi connectivity index (χ2v) is 8.09. The Labute approximate surface area is 173 Å². The van der Waals surface area contributed by atoms with Gasteiger partial charge in [0.05, 0.1) is 23.2 Å². The first kappa shape index (κ1) is 17.9. The molecular weight excluding hydrogens is 382 g/mol. The number of phenols is 1. The molecule has 0 fully saturated rings. The summed E-state index contributed by atoms with van der Waals surface area (Å²) in [4.78, 5) is 14.5. The van der Waals surface area contributed by atoms with Crippen molar-refractivity contribution in [1.29, 1.82) is 0 Å². The first-order valence-electron chi connectivity index (χ1n) is 9.54. The number of thioether (sulfide) groups is 1. The largest absolute Gasteiger partial charge is 0.504 e. The number of nitrogens with one attached hydrogen (secondary N) is 1. The minimum Gasteiger partial charge on any atom is -0.504 e. The molecular formula is C24H19NO3S. The number of anilines is 1. The van der Waals surface area contributed by atoms with Crippen molar-refractivity contribution in [2.75, 3.05) is 11.9 Å². The molecule has 5 heteroatoms. The van der Waals surface area contributed by atoms with Gasteiger partial charge in [0.25, 0.3) is 0 Å². The van der Waals surface area contributed by atoms with Crippen LogP contribution in [-0.4, -0.2) is 17.5 Å². The van der Waals surface area contributed by atoms with Crippen LogP contribution in [0.1, 0.15) is 33.7 Å². The third kappa shape index (κ3) is 2.89. The maximum atomic E-state index is 13.4. The Bertz CT molecular complexity index is 1170. The lowest BCUT2D eigenvalue weighted by Crippen LogP contribution is -2.08. The fourth-order valence-corrected chi connectivity index (χ4v) is 5.16. The molecule has 2 N–H and O–H groups in total. The summed E-state index contributed by atoms with van der Waals surface area (Å²) in [6.07, 6.45) is 0. The molecule has 0 amide bonds. The van der Waals surface area contributed by atoms with Crippen molar-refractivity contribution in [3.63, 3.8) is 0 Å². The van der Waals surface area contributed by atoms with Gasteiger partial charge in [0.2, 0.25) is 0 Å². The van der Waals surface area contributed by atoms with Crippen LogP contribution in [0.5, 0.6) is 11.5 Å². The first-order chi connectivity index (χ1) is 14.2. The van der Waals surface area contributed by atoms with Crippen molar-refractivity contribution in [3.8, 4) is 11.5 Å². The lowest BCUT2D eigenvalue weighted by molar-refractivity contribution is 0.103. The van der Waals surface area contributed by atoms with Crippen LogP contribution in [0.4, 0.5) is 5.69 Å². The smallest absolute Gasteiger partial charge is 0.193 e. The Kier molecular flexibility index (Phi) is 4.32. The molecule has 4 nitrogen and oxygen atoms in total. The molecule has 0 spiro atoms. The van der Waals surface area contributed by atoms with Crippen molar-refractivity contribution in [2.45, 2.75) is 17.1 Å². The van der Waals surface area contributed by atoms with Crippen LogP contribution >= 0.6 is 11.8 Å². The van der Waals surface area contributed by atoms with Crippen molar-refractivity contribution in [2.24, 2.45) is 0 Å². The van der Waals surface area contributed by atoms with E-state index in [2.05, 4.69) is 11.4 Å². The number of ketones is 1. The summed E-state index contributed by atoms with van der Waals surface area (Å²) in [5, 5.41) is 13.4. The molecule has 1 aliphatic heterocycles. The van der Waals surface area contributed by atoms with Gasteiger partial charge in [-0.15, -0.1) is 11.8 Å². The van der Waals surface area contributed by atoms with Crippen LogP contribution in [0.2, 0.25) is 0 Å². The lowest BCUT2D eigenvalue weighted by atomic mass is 10.0. The van der Waals surface area contributed by atoms with Crippen LogP contribution in [0.15, 0.2) is 77.2 Å². The molecule has 29 heavy (non-hydrogen) atoms. The van der Waals surface area contributed by atoms with Crippen LogP contribution in [0.25, 0.3) is 5.70 Å². The molecule has 144 valence electrons. The number of ether oxygens (including phenoxy) is 1. The molecule has 0 saturated heterocycles. The van der Waals surface area contributed by atoms with Gasteiger partial charge in [-0.1, -0.05) is 42.5 Å². The van der Waals surface area contributed by atoms with E-state index in [1.54, 1.807) is 17.8 Å². The van der Waals surface area contributed by atoms with Gasteiger partial charge in [0, 0.05) is 21.6 Å². The summed E-state index contributed by atoms with van der Waals surface area (Å²) in [5.41, 5.74) is 5.15. The molecule has 2 aliphatic rings. The second kappa shape index (κ2) is 7.01. The summed E-state index contributed by atoms with van der Waals surface area (Å²) in [7, 11) is 0. The molecule has 0 radical (unpaired) electrons. The molecule has 0 unspecified atom stereocenters. The molecule has 3 aromatic rings. The van der Waals surface area contributed by atoms with E-state index in [1.165, 1.54) is 0 Å². The molecule has 5 rings (SSSR count). The van der Waals surface area contributed by atoms with E-state index in [0.717, 1.165) is 38.5 Å². The van der Waals surface area contributed by atoms with Crippen molar-refractivity contribution >= 4 is 28.9 Å². The van der Waals surface area contributed by atoms with Crippen LogP contribution < -0.4 is 10.1 Å². The van der Waals surface area contributed by atoms with E-state index < -0.39 is 0 Å². The average molecular weight is 401 g/mol. The Morgan fingerprint density at radius 2 is 1.79 bits per heavy atom. The number of rotatable bonds is 3. The standard InChI is InChI=1S/C24H19NO3S/c1-2-28-19-13-14(11-12-18(19)26)24-21-22(15-7-3-4-8-16(15)23(21)27)25-17-9-5-6-10-20(17)29-24/h3-13,24-26H,2H2,1H3/t24-/m0/s1. The number of para-hydroxylation sites is 1. The Balaban J connectivity index is 1.71. The Hall–Kier alpha value is -3.18. The fraction of sp³-hybridized carbons (Fsp3) is 0.125. The predicted octanol–water partition coefficient (Wildman–Crippen LogP) is 5.66. The summed E-state index contributed by atoms with van der Waals surface area (Å²) in [6.45, 7) is 2.34. The highest BCUT2D eigenvalue weighted by atomic mass is 32.2. The van der Waals surface area contributed by atoms with Gasteiger partial charge >= 0.3 is 0 Å². The SMILES string of the molecule is CCOc1cc([C@@H]2Sc3ccccc3NC3=C2C(=O)c2ccccc23)ccc1O. The van der Waals surface area contributed by atoms with E-state index in [1.807, 2.05) is 61.5 Å². The summed E-state index contributed by atoms with van der Waals surface area (Å²) < 4.78 is 5.59. The third-order valence-electron chi connectivity index (χ3n) is 5.20. The van der Waals surface area contributed by atoms with Gasteiger partial charge in [-0.3, -0.25) is 4.79 Å². The number of carbonyl (C=O) groups is 1. The Morgan fingerprint density at radius 3 is 2.62 bits per heavy atom. The minimum atomic E-state index is -0.221. The summed E-state index contributed by atoms with van der Waals surface area (Å²) >= 11 is 1.64. The van der Waals surface area contributed by atoms with E-state index in [4.69, 9.17) is 4.74 Å². The maximum absolute atomic E-state index is 13.4. The van der Waals surface area contributed by atoms with E-state index >= 15 is 0 Å². The van der Waals surface area contributed by atoms with Crippen molar-refractivity contribution in [3.05, 3.63) is 89.0 Å². The van der Waals surface area contributed by atoms with E-state index in [0.29, 0.717) is 12.4 Å². The second-order valence-electron chi connectivity index (χ2n) is 6.94. The number of fused-ring (bicyclic) bond motifs is 3. The number of aromatic hydroxyl groups is 1. The van der Waals surface area contributed by atoms with E-state index in [9.17, 15) is 9.90 Å². The van der Waals surface area contributed by atoms with Crippen molar-refractivity contribution < 1.29 is 14.6 Å². The molecule has 1 atom stereocenters. The van der Waals surface area contributed by atoms with Gasteiger partial charge in [-0.05, 0) is 36.8 Å². The molecule has 1 heterocycles. The predicted molar refractivity (Wildman–Crippen MR) is 116 cm³/mol. The average Bonchev–Trinajstić information content (AvgIpc) is 2.91. The highest BCUT2D eigenvalue weighted by molar-refractivity contribution is 8.00. The fourth-order valence-electron chi connectivity index (χ4n) is 3.88. The molecule has 0 bridgehead atoms. The number of hydrogen-bond donors (Lipinski definition) is 2. The normalized spacial score (nSPS) is 17.1. The number of carbonyl (C=O) groups excluding carboxylic acids is 1. The minimum absolute atomic E-state index is 0.0411. The lowest BCUT2D eigenvalue weighted by Gasteiger charge is -2.18. The number of benzene rings is 3. The molecule has 3 aromatic carbocycles.